The number of rotatable bonds is 6. The van der Waals surface area contributed by atoms with Crippen LogP contribution < -0.4 is 10.1 Å². The molecule has 1 saturated heterocycles. The van der Waals surface area contributed by atoms with Crippen molar-refractivity contribution in [2.75, 3.05) is 20.3 Å². The maximum absolute atomic E-state index is 12.3. The van der Waals surface area contributed by atoms with E-state index in [1.165, 1.54) is 5.56 Å². The van der Waals surface area contributed by atoms with Crippen LogP contribution in [0.25, 0.3) is 10.9 Å². The van der Waals surface area contributed by atoms with Crippen LogP contribution in [0.3, 0.4) is 0 Å². The van der Waals surface area contributed by atoms with Gasteiger partial charge in [-0.1, -0.05) is 11.6 Å². The van der Waals surface area contributed by atoms with Crippen molar-refractivity contribution in [1.82, 2.24) is 10.3 Å². The largest absolute Gasteiger partial charge is 0.497 e. The van der Waals surface area contributed by atoms with Crippen molar-refractivity contribution >= 4 is 28.4 Å². The van der Waals surface area contributed by atoms with E-state index in [-0.39, 0.29) is 18.2 Å². The number of benzene rings is 2. The molecule has 7 heteroatoms. The van der Waals surface area contributed by atoms with Crippen molar-refractivity contribution in [2.24, 2.45) is 0 Å². The highest BCUT2D eigenvalue weighted by atomic mass is 35.5. The first kappa shape index (κ1) is 20.6. The van der Waals surface area contributed by atoms with Gasteiger partial charge in [0.15, 0.2) is 6.29 Å². The molecule has 156 valence electrons. The third-order valence-electron chi connectivity index (χ3n) is 5.10. The molecule has 0 radical (unpaired) electrons. The van der Waals surface area contributed by atoms with Gasteiger partial charge in [-0.05, 0) is 60.5 Å². The van der Waals surface area contributed by atoms with Gasteiger partial charge in [-0.3, -0.25) is 9.78 Å². The summed E-state index contributed by atoms with van der Waals surface area (Å²) in [5, 5.41) is 4.60. The molecule has 1 amide bonds. The lowest BCUT2D eigenvalue weighted by molar-refractivity contribution is -0.190. The Labute approximate surface area is 180 Å². The Hall–Kier alpha value is -2.67. The maximum atomic E-state index is 12.3. The zero-order chi connectivity index (χ0) is 20.9. The highest BCUT2D eigenvalue weighted by Crippen LogP contribution is 2.24. The van der Waals surface area contributed by atoms with Gasteiger partial charge in [0.1, 0.15) is 5.75 Å². The van der Waals surface area contributed by atoms with E-state index in [9.17, 15) is 4.79 Å². The summed E-state index contributed by atoms with van der Waals surface area (Å²) in [6, 6.07) is 14.5. The van der Waals surface area contributed by atoms with Gasteiger partial charge in [0.25, 0.3) is 5.91 Å². The quantitative estimate of drug-likeness (QED) is 0.645. The Morgan fingerprint density at radius 3 is 2.67 bits per heavy atom. The summed E-state index contributed by atoms with van der Waals surface area (Å²) >= 11 is 5.86. The normalized spacial score (nSPS) is 18.9. The number of carbonyl (C=O) groups excluding carboxylic acids is 1. The Kier molecular flexibility index (Phi) is 6.47. The molecule has 1 aliphatic heterocycles. The summed E-state index contributed by atoms with van der Waals surface area (Å²) in [6.07, 6.45) is 3.02. The number of halogens is 1. The number of aromatic nitrogens is 1. The first-order valence-electron chi connectivity index (χ1n) is 9.83. The van der Waals surface area contributed by atoms with Crippen LogP contribution >= 0.6 is 11.6 Å². The van der Waals surface area contributed by atoms with E-state index in [2.05, 4.69) is 10.3 Å². The van der Waals surface area contributed by atoms with Crippen molar-refractivity contribution in [2.45, 2.75) is 25.2 Å². The second kappa shape index (κ2) is 9.43. The zero-order valence-corrected chi connectivity index (χ0v) is 17.4. The van der Waals surface area contributed by atoms with Gasteiger partial charge < -0.3 is 19.5 Å². The molecule has 3 aromatic rings. The SMILES string of the molecule is COc1ccc2nccc(CCC3OCC(NC(=O)c4ccc(Cl)cc4)CO3)c2c1. The Balaban J connectivity index is 1.30. The fourth-order valence-corrected chi connectivity index (χ4v) is 3.59. The molecule has 30 heavy (non-hydrogen) atoms. The van der Waals surface area contributed by atoms with E-state index in [1.54, 1.807) is 31.4 Å². The number of nitrogens with one attached hydrogen (secondary N) is 1. The predicted octanol–water partition coefficient (Wildman–Crippen LogP) is 4.00. The monoisotopic (exact) mass is 426 g/mol. The Bertz CT molecular complexity index is 1020. The third-order valence-corrected chi connectivity index (χ3v) is 5.35. The maximum Gasteiger partial charge on any atom is 0.251 e. The number of methoxy groups -OCH3 is 1. The third kappa shape index (κ3) is 4.90. The van der Waals surface area contributed by atoms with Crippen LogP contribution in [0.15, 0.2) is 54.7 Å². The smallest absolute Gasteiger partial charge is 0.251 e. The number of hydrogen-bond acceptors (Lipinski definition) is 5. The highest BCUT2D eigenvalue weighted by molar-refractivity contribution is 6.30. The summed E-state index contributed by atoms with van der Waals surface area (Å²) in [5.74, 6) is 0.640. The van der Waals surface area contributed by atoms with E-state index in [4.69, 9.17) is 25.8 Å². The van der Waals surface area contributed by atoms with Crippen LogP contribution in [0.5, 0.6) is 5.75 Å². The number of amides is 1. The molecule has 1 fully saturated rings. The Morgan fingerprint density at radius 1 is 1.17 bits per heavy atom. The van der Waals surface area contributed by atoms with Crippen molar-refractivity contribution in [1.29, 1.82) is 0 Å². The second-order valence-electron chi connectivity index (χ2n) is 7.17. The number of fused-ring (bicyclic) bond motifs is 1. The van der Waals surface area contributed by atoms with E-state index in [1.807, 2.05) is 30.5 Å². The minimum Gasteiger partial charge on any atom is -0.497 e. The number of ether oxygens (including phenoxy) is 3. The average Bonchev–Trinajstić information content (AvgIpc) is 2.78. The molecule has 1 aromatic heterocycles. The zero-order valence-electron chi connectivity index (χ0n) is 16.6. The lowest BCUT2D eigenvalue weighted by atomic mass is 10.0. The highest BCUT2D eigenvalue weighted by Gasteiger charge is 2.24. The Morgan fingerprint density at radius 2 is 1.93 bits per heavy atom. The van der Waals surface area contributed by atoms with E-state index in [0.29, 0.717) is 30.2 Å². The van der Waals surface area contributed by atoms with Gasteiger partial charge in [0, 0.05) is 28.6 Å². The number of nitrogens with zero attached hydrogens (tertiary/aromatic N) is 1. The molecular weight excluding hydrogens is 404 g/mol. The molecule has 1 N–H and O–H groups in total. The van der Waals surface area contributed by atoms with Crippen molar-refractivity contribution < 1.29 is 19.0 Å². The van der Waals surface area contributed by atoms with Gasteiger partial charge >= 0.3 is 0 Å². The van der Waals surface area contributed by atoms with Crippen LogP contribution in [0.1, 0.15) is 22.3 Å². The lowest BCUT2D eigenvalue weighted by Crippen LogP contribution is -2.47. The van der Waals surface area contributed by atoms with E-state index < -0.39 is 0 Å². The first-order valence-corrected chi connectivity index (χ1v) is 10.2. The van der Waals surface area contributed by atoms with Crippen molar-refractivity contribution in [3.05, 3.63) is 70.9 Å². The molecule has 0 aliphatic carbocycles. The second-order valence-corrected chi connectivity index (χ2v) is 7.60. The summed E-state index contributed by atoms with van der Waals surface area (Å²) in [4.78, 5) is 16.7. The molecule has 2 heterocycles. The number of pyridine rings is 1. The summed E-state index contributed by atoms with van der Waals surface area (Å²) in [5.41, 5.74) is 2.66. The van der Waals surface area contributed by atoms with Crippen LogP contribution in [-0.2, 0) is 15.9 Å². The average molecular weight is 427 g/mol. The molecular formula is C23H23ClN2O4. The number of carbonyl (C=O) groups is 1. The number of aryl methyl sites for hydroxylation is 1. The molecule has 0 bridgehead atoms. The van der Waals surface area contributed by atoms with Crippen LogP contribution in [0.2, 0.25) is 5.02 Å². The van der Waals surface area contributed by atoms with Crippen molar-refractivity contribution in [3.8, 4) is 5.75 Å². The van der Waals surface area contributed by atoms with Gasteiger partial charge in [-0.25, -0.2) is 0 Å². The van der Waals surface area contributed by atoms with E-state index in [0.717, 1.165) is 23.1 Å². The molecule has 0 atom stereocenters. The topological polar surface area (TPSA) is 69.7 Å². The summed E-state index contributed by atoms with van der Waals surface area (Å²) in [7, 11) is 1.66. The standard InChI is InChI=1S/C23H23ClN2O4/c1-28-19-7-8-21-20(12-19)15(10-11-25-21)4-9-22-29-13-18(14-30-22)26-23(27)16-2-5-17(24)6-3-16/h2-3,5-8,10-12,18,22H,4,9,13-14H2,1H3,(H,26,27). The fourth-order valence-electron chi connectivity index (χ4n) is 3.46. The lowest BCUT2D eigenvalue weighted by Gasteiger charge is -2.30. The molecule has 4 rings (SSSR count). The van der Waals surface area contributed by atoms with Gasteiger partial charge in [0.2, 0.25) is 0 Å². The van der Waals surface area contributed by atoms with Gasteiger partial charge in [0.05, 0.1) is 31.9 Å². The number of hydrogen-bond donors (Lipinski definition) is 1. The molecule has 1 aliphatic rings. The van der Waals surface area contributed by atoms with Crippen LogP contribution in [0, 0.1) is 0 Å². The van der Waals surface area contributed by atoms with Crippen molar-refractivity contribution in [3.63, 3.8) is 0 Å². The summed E-state index contributed by atoms with van der Waals surface area (Å²) < 4.78 is 17.0. The van der Waals surface area contributed by atoms with Crippen LogP contribution in [-0.4, -0.2) is 43.5 Å². The minimum atomic E-state index is -0.303. The molecule has 2 aromatic carbocycles. The van der Waals surface area contributed by atoms with E-state index >= 15 is 0 Å². The molecule has 6 nitrogen and oxygen atoms in total. The molecule has 0 spiro atoms. The van der Waals surface area contributed by atoms with Gasteiger partial charge in [-0.2, -0.15) is 0 Å². The fraction of sp³-hybridized carbons (Fsp3) is 0.304. The molecule has 0 unspecified atom stereocenters. The first-order chi connectivity index (χ1) is 14.6. The van der Waals surface area contributed by atoms with Crippen LogP contribution in [0.4, 0.5) is 0 Å². The molecule has 0 saturated carbocycles. The minimum absolute atomic E-state index is 0.167. The summed E-state index contributed by atoms with van der Waals surface area (Å²) in [6.45, 7) is 0.823. The van der Waals surface area contributed by atoms with Gasteiger partial charge in [-0.15, -0.1) is 0 Å². The predicted molar refractivity (Wildman–Crippen MR) is 115 cm³/mol.